The fraction of sp³-hybridized carbons (Fsp3) is 0.190. The molecule has 7 heteroatoms. The lowest BCUT2D eigenvalue weighted by molar-refractivity contribution is 0.0950. The summed E-state index contributed by atoms with van der Waals surface area (Å²) in [6.07, 6.45) is 1.61. The number of benzene rings is 2. The number of aromatic amines is 1. The molecule has 1 aromatic heterocycles. The molecule has 0 radical (unpaired) electrons. The van der Waals surface area contributed by atoms with Crippen molar-refractivity contribution in [3.63, 3.8) is 0 Å². The van der Waals surface area contributed by atoms with Crippen LogP contribution in [-0.4, -0.2) is 35.4 Å². The van der Waals surface area contributed by atoms with Crippen LogP contribution in [0.5, 0.6) is 0 Å². The van der Waals surface area contributed by atoms with Gasteiger partial charge in [-0.15, -0.1) is 0 Å². The van der Waals surface area contributed by atoms with Gasteiger partial charge in [0.15, 0.2) is 0 Å². The number of nitrogens with zero attached hydrogens (tertiary/aromatic N) is 3. The van der Waals surface area contributed by atoms with Gasteiger partial charge in [0.05, 0.1) is 11.9 Å². The van der Waals surface area contributed by atoms with Crippen LogP contribution in [0.2, 0.25) is 5.02 Å². The Balaban J connectivity index is 1.60. The molecule has 28 heavy (non-hydrogen) atoms. The minimum absolute atomic E-state index is 0.332. The maximum Gasteiger partial charge on any atom is 0.289 e. The summed E-state index contributed by atoms with van der Waals surface area (Å²) in [5.74, 6) is -0.358. The van der Waals surface area contributed by atoms with E-state index in [1.54, 1.807) is 24.4 Å². The van der Waals surface area contributed by atoms with Crippen LogP contribution < -0.4 is 10.3 Å². The third kappa shape index (κ3) is 4.78. The number of amides is 1. The van der Waals surface area contributed by atoms with E-state index in [9.17, 15) is 4.79 Å². The van der Waals surface area contributed by atoms with Crippen LogP contribution in [0.1, 0.15) is 29.9 Å². The lowest BCUT2D eigenvalue weighted by Crippen LogP contribution is -2.21. The first-order chi connectivity index (χ1) is 13.6. The Morgan fingerprint density at radius 2 is 1.82 bits per heavy atom. The molecule has 1 heterocycles. The summed E-state index contributed by atoms with van der Waals surface area (Å²) in [7, 11) is 0. The summed E-state index contributed by atoms with van der Waals surface area (Å²) < 4.78 is 0. The number of carbonyl (C=O) groups is 1. The third-order valence-electron chi connectivity index (χ3n) is 4.36. The number of carbonyl (C=O) groups excluding carboxylic acids is 1. The second-order valence-corrected chi connectivity index (χ2v) is 6.57. The molecular formula is C21H22ClN5O. The average Bonchev–Trinajstić information content (AvgIpc) is 3.21. The average molecular weight is 396 g/mol. The molecule has 0 bridgehead atoms. The van der Waals surface area contributed by atoms with E-state index in [-0.39, 0.29) is 5.91 Å². The monoisotopic (exact) mass is 395 g/mol. The van der Waals surface area contributed by atoms with Gasteiger partial charge in [-0.25, -0.2) is 5.43 Å². The summed E-state index contributed by atoms with van der Waals surface area (Å²) >= 11 is 5.89. The van der Waals surface area contributed by atoms with E-state index in [0.29, 0.717) is 16.4 Å². The smallest absolute Gasteiger partial charge is 0.289 e. The van der Waals surface area contributed by atoms with Gasteiger partial charge in [-0.3, -0.25) is 9.89 Å². The molecule has 6 nitrogen and oxygen atoms in total. The highest BCUT2D eigenvalue weighted by atomic mass is 35.5. The summed E-state index contributed by atoms with van der Waals surface area (Å²) in [4.78, 5) is 14.5. The van der Waals surface area contributed by atoms with E-state index in [1.807, 2.05) is 36.4 Å². The van der Waals surface area contributed by atoms with Gasteiger partial charge in [-0.2, -0.15) is 10.2 Å². The van der Waals surface area contributed by atoms with E-state index in [4.69, 9.17) is 11.6 Å². The summed E-state index contributed by atoms with van der Waals surface area (Å²) in [5, 5.41) is 11.6. The van der Waals surface area contributed by atoms with Crippen LogP contribution in [-0.2, 0) is 0 Å². The summed E-state index contributed by atoms with van der Waals surface area (Å²) in [6, 6.07) is 17.0. The number of hydrogen-bond acceptors (Lipinski definition) is 4. The van der Waals surface area contributed by atoms with Crippen LogP contribution in [0.4, 0.5) is 5.69 Å². The van der Waals surface area contributed by atoms with E-state index >= 15 is 0 Å². The van der Waals surface area contributed by atoms with E-state index in [0.717, 1.165) is 24.2 Å². The minimum atomic E-state index is -0.358. The first-order valence-electron chi connectivity index (χ1n) is 9.10. The predicted octanol–water partition coefficient (Wildman–Crippen LogP) is 4.34. The second kappa shape index (κ2) is 9.19. The predicted molar refractivity (Wildman–Crippen MR) is 114 cm³/mol. The molecule has 0 saturated heterocycles. The van der Waals surface area contributed by atoms with Crippen LogP contribution in [0.25, 0.3) is 11.3 Å². The van der Waals surface area contributed by atoms with Gasteiger partial charge >= 0.3 is 0 Å². The fourth-order valence-corrected chi connectivity index (χ4v) is 2.92. The highest BCUT2D eigenvalue weighted by Crippen LogP contribution is 2.20. The van der Waals surface area contributed by atoms with Crippen LogP contribution >= 0.6 is 11.6 Å². The number of halogens is 1. The number of hydrazone groups is 1. The zero-order valence-electron chi connectivity index (χ0n) is 15.8. The first-order valence-corrected chi connectivity index (χ1v) is 9.48. The highest BCUT2D eigenvalue weighted by Gasteiger charge is 2.10. The molecule has 0 spiro atoms. The van der Waals surface area contributed by atoms with Gasteiger partial charge in [0, 0.05) is 29.4 Å². The highest BCUT2D eigenvalue weighted by molar-refractivity contribution is 6.30. The largest absolute Gasteiger partial charge is 0.372 e. The number of aromatic nitrogens is 2. The topological polar surface area (TPSA) is 73.4 Å². The molecule has 0 aliphatic rings. The summed E-state index contributed by atoms with van der Waals surface area (Å²) in [6.45, 7) is 6.18. The van der Waals surface area contributed by atoms with Crippen LogP contribution in [0, 0.1) is 0 Å². The van der Waals surface area contributed by atoms with Crippen molar-refractivity contribution < 1.29 is 4.79 Å². The number of nitrogens with one attached hydrogen (secondary N) is 2. The molecule has 2 aromatic carbocycles. The molecule has 0 atom stereocenters. The van der Waals surface area contributed by atoms with E-state index in [2.05, 4.69) is 39.5 Å². The van der Waals surface area contributed by atoms with Crippen molar-refractivity contribution >= 4 is 29.4 Å². The van der Waals surface area contributed by atoms with Gasteiger partial charge in [0.1, 0.15) is 5.69 Å². The Labute approximate surface area is 169 Å². The van der Waals surface area contributed by atoms with Gasteiger partial charge in [-0.1, -0.05) is 35.9 Å². The third-order valence-corrected chi connectivity index (χ3v) is 4.62. The molecule has 0 fully saturated rings. The molecule has 2 N–H and O–H groups in total. The molecule has 0 aliphatic carbocycles. The Morgan fingerprint density at radius 1 is 1.14 bits per heavy atom. The maximum absolute atomic E-state index is 12.2. The Morgan fingerprint density at radius 3 is 2.46 bits per heavy atom. The van der Waals surface area contributed by atoms with Crippen LogP contribution in [0.15, 0.2) is 59.7 Å². The van der Waals surface area contributed by atoms with Gasteiger partial charge < -0.3 is 4.90 Å². The number of rotatable bonds is 7. The van der Waals surface area contributed by atoms with E-state index < -0.39 is 0 Å². The van der Waals surface area contributed by atoms with Crippen molar-refractivity contribution in [2.45, 2.75) is 13.8 Å². The lowest BCUT2D eigenvalue weighted by Gasteiger charge is -2.20. The number of H-pyrrole nitrogens is 1. The maximum atomic E-state index is 12.2. The molecule has 3 aromatic rings. The van der Waals surface area contributed by atoms with Crippen molar-refractivity contribution in [1.82, 2.24) is 15.6 Å². The quantitative estimate of drug-likeness (QED) is 0.461. The molecule has 3 rings (SSSR count). The normalized spacial score (nSPS) is 11.0. The van der Waals surface area contributed by atoms with Crippen molar-refractivity contribution in [2.75, 3.05) is 18.0 Å². The Kier molecular flexibility index (Phi) is 6.45. The summed E-state index contributed by atoms with van der Waals surface area (Å²) in [5.41, 5.74) is 6.45. The molecule has 0 aliphatic heterocycles. The molecule has 0 saturated carbocycles. The van der Waals surface area contributed by atoms with Crippen molar-refractivity contribution in [3.8, 4) is 11.3 Å². The number of anilines is 1. The molecule has 0 unspecified atom stereocenters. The zero-order chi connectivity index (χ0) is 19.9. The lowest BCUT2D eigenvalue weighted by atomic mass is 10.1. The van der Waals surface area contributed by atoms with Gasteiger partial charge in [0.2, 0.25) is 0 Å². The Hall–Kier alpha value is -3.12. The van der Waals surface area contributed by atoms with Crippen molar-refractivity contribution in [1.29, 1.82) is 0 Å². The van der Waals surface area contributed by atoms with E-state index in [1.165, 1.54) is 5.69 Å². The molecular weight excluding hydrogens is 374 g/mol. The number of hydrogen-bond donors (Lipinski definition) is 2. The fourth-order valence-electron chi connectivity index (χ4n) is 2.79. The van der Waals surface area contributed by atoms with Crippen LogP contribution in [0.3, 0.4) is 0 Å². The molecule has 144 valence electrons. The van der Waals surface area contributed by atoms with Gasteiger partial charge in [0.25, 0.3) is 5.91 Å². The minimum Gasteiger partial charge on any atom is -0.372 e. The second-order valence-electron chi connectivity index (χ2n) is 6.14. The van der Waals surface area contributed by atoms with Crippen molar-refractivity contribution in [3.05, 3.63) is 70.9 Å². The standard InChI is InChI=1S/C21H22ClN5O/c1-3-27(4-2)18-11-5-15(6-12-18)14-23-26-21(28)20-13-19(24-25-20)16-7-9-17(22)10-8-16/h5-14H,3-4H2,1-2H3,(H,24,25)(H,26,28)/b23-14-. The SMILES string of the molecule is CCN(CC)c1ccc(/C=N\NC(=O)c2cc(-c3ccc(Cl)cc3)n[nH]2)cc1. The van der Waals surface area contributed by atoms with Crippen molar-refractivity contribution in [2.24, 2.45) is 5.10 Å². The Bertz CT molecular complexity index is 944. The molecule has 1 amide bonds. The van der Waals surface area contributed by atoms with Gasteiger partial charge in [-0.05, 0) is 49.7 Å². The zero-order valence-corrected chi connectivity index (χ0v) is 16.6. The first kappa shape index (κ1) is 19.6.